The van der Waals surface area contributed by atoms with E-state index in [9.17, 15) is 0 Å². The number of aliphatic hydroxyl groups is 1. The Labute approximate surface area is 110 Å². The molecule has 0 aromatic heterocycles. The van der Waals surface area contributed by atoms with E-state index in [-0.39, 0.29) is 6.61 Å². The molecule has 0 radical (unpaired) electrons. The average molecular weight is 247 g/mol. The fourth-order valence-corrected chi connectivity index (χ4v) is 2.93. The van der Waals surface area contributed by atoms with E-state index >= 15 is 0 Å². The van der Waals surface area contributed by atoms with Gasteiger partial charge in [0, 0.05) is 18.8 Å². The van der Waals surface area contributed by atoms with Gasteiger partial charge >= 0.3 is 0 Å². The molecule has 1 aliphatic carbocycles. The summed E-state index contributed by atoms with van der Waals surface area (Å²) in [5.41, 5.74) is 2.41. The van der Waals surface area contributed by atoms with Crippen LogP contribution in [0.5, 0.6) is 0 Å². The van der Waals surface area contributed by atoms with E-state index in [1.54, 1.807) is 0 Å². The average Bonchev–Trinajstić information content (AvgIpc) is 2.38. The molecule has 100 valence electrons. The van der Waals surface area contributed by atoms with Gasteiger partial charge in [-0.2, -0.15) is 0 Å². The van der Waals surface area contributed by atoms with Crippen LogP contribution in [-0.2, 0) is 6.42 Å². The van der Waals surface area contributed by atoms with Crippen molar-refractivity contribution < 1.29 is 5.11 Å². The number of aliphatic hydroxyl groups excluding tert-OH is 1. The number of anilines is 1. The van der Waals surface area contributed by atoms with Crippen molar-refractivity contribution in [2.24, 2.45) is 11.8 Å². The first-order valence-corrected chi connectivity index (χ1v) is 7.21. The fourth-order valence-electron chi connectivity index (χ4n) is 2.93. The van der Waals surface area contributed by atoms with Crippen LogP contribution in [0.3, 0.4) is 0 Å². The molecule has 2 unspecified atom stereocenters. The van der Waals surface area contributed by atoms with Crippen LogP contribution in [-0.4, -0.2) is 18.3 Å². The summed E-state index contributed by atoms with van der Waals surface area (Å²) in [4.78, 5) is 0. The quantitative estimate of drug-likeness (QED) is 0.835. The Morgan fingerprint density at radius 2 is 2.00 bits per heavy atom. The number of hydrogen-bond donors (Lipinski definition) is 2. The molecular weight excluding hydrogens is 222 g/mol. The Hall–Kier alpha value is -1.02. The Balaban J connectivity index is 1.78. The molecule has 2 N–H and O–H groups in total. The first kappa shape index (κ1) is 13.4. The molecule has 1 aliphatic rings. The zero-order valence-electron chi connectivity index (χ0n) is 11.4. The molecule has 18 heavy (non-hydrogen) atoms. The molecule has 1 aromatic rings. The second-order valence-corrected chi connectivity index (χ2v) is 5.69. The molecule has 2 nitrogen and oxygen atoms in total. The first-order valence-electron chi connectivity index (χ1n) is 7.21. The number of benzene rings is 1. The fraction of sp³-hybridized carbons (Fsp3) is 0.625. The van der Waals surface area contributed by atoms with Gasteiger partial charge in [-0.25, -0.2) is 0 Å². The predicted octanol–water partition coefficient (Wildman–Crippen LogP) is 3.46. The zero-order valence-corrected chi connectivity index (χ0v) is 11.4. The standard InChI is InChI=1S/C16H25NO/c1-13-3-2-4-15(11-13)12-17-16-7-5-14(6-8-16)9-10-18/h5-8,13,15,17-18H,2-4,9-12H2,1H3. The van der Waals surface area contributed by atoms with Crippen LogP contribution in [0.25, 0.3) is 0 Å². The van der Waals surface area contributed by atoms with Gasteiger partial charge in [-0.1, -0.05) is 31.9 Å². The molecule has 0 bridgehead atoms. The molecule has 2 atom stereocenters. The highest BCUT2D eigenvalue weighted by Gasteiger charge is 2.18. The number of nitrogens with one attached hydrogen (secondary N) is 1. The Kier molecular flexibility index (Phi) is 5.06. The van der Waals surface area contributed by atoms with Crippen LogP contribution in [0.15, 0.2) is 24.3 Å². The molecule has 1 saturated carbocycles. The van der Waals surface area contributed by atoms with E-state index in [1.807, 2.05) is 0 Å². The van der Waals surface area contributed by atoms with Crippen LogP contribution in [0, 0.1) is 11.8 Å². The molecule has 0 amide bonds. The lowest BCUT2D eigenvalue weighted by Crippen LogP contribution is -2.20. The Morgan fingerprint density at radius 3 is 2.67 bits per heavy atom. The molecule has 1 aromatic carbocycles. The summed E-state index contributed by atoms with van der Waals surface area (Å²) < 4.78 is 0. The monoisotopic (exact) mass is 247 g/mol. The van der Waals surface area contributed by atoms with E-state index in [2.05, 4.69) is 36.5 Å². The van der Waals surface area contributed by atoms with Crippen LogP contribution in [0.1, 0.15) is 38.2 Å². The Bertz CT molecular complexity index is 347. The molecule has 0 saturated heterocycles. The van der Waals surface area contributed by atoms with Crippen LogP contribution < -0.4 is 5.32 Å². The molecule has 0 heterocycles. The highest BCUT2D eigenvalue weighted by atomic mass is 16.2. The van der Waals surface area contributed by atoms with Crippen molar-refractivity contribution in [2.45, 2.75) is 39.0 Å². The van der Waals surface area contributed by atoms with Crippen LogP contribution in [0.2, 0.25) is 0 Å². The summed E-state index contributed by atoms with van der Waals surface area (Å²) >= 11 is 0. The minimum Gasteiger partial charge on any atom is -0.396 e. The van der Waals surface area contributed by atoms with Crippen molar-refractivity contribution >= 4 is 5.69 Å². The largest absolute Gasteiger partial charge is 0.396 e. The topological polar surface area (TPSA) is 32.3 Å². The van der Waals surface area contributed by atoms with Crippen LogP contribution in [0.4, 0.5) is 5.69 Å². The molecule has 2 rings (SSSR count). The molecule has 1 fully saturated rings. The van der Waals surface area contributed by atoms with Crippen molar-refractivity contribution in [3.8, 4) is 0 Å². The number of hydrogen-bond acceptors (Lipinski definition) is 2. The SMILES string of the molecule is CC1CCCC(CNc2ccc(CCO)cc2)C1. The molecule has 0 spiro atoms. The molecular formula is C16H25NO. The van der Waals surface area contributed by atoms with Crippen molar-refractivity contribution in [3.05, 3.63) is 29.8 Å². The summed E-state index contributed by atoms with van der Waals surface area (Å²) in [6.45, 7) is 3.70. The summed E-state index contributed by atoms with van der Waals surface area (Å²) in [6.07, 6.45) is 6.30. The second-order valence-electron chi connectivity index (χ2n) is 5.69. The van der Waals surface area contributed by atoms with E-state index < -0.39 is 0 Å². The summed E-state index contributed by atoms with van der Waals surface area (Å²) in [7, 11) is 0. The highest BCUT2D eigenvalue weighted by molar-refractivity contribution is 5.44. The normalized spacial score (nSPS) is 23.9. The summed E-state index contributed by atoms with van der Waals surface area (Å²) in [6, 6.07) is 8.44. The third kappa shape index (κ3) is 4.02. The number of rotatable bonds is 5. The van der Waals surface area contributed by atoms with Gasteiger partial charge in [-0.15, -0.1) is 0 Å². The third-order valence-electron chi connectivity index (χ3n) is 3.99. The predicted molar refractivity (Wildman–Crippen MR) is 76.8 cm³/mol. The van der Waals surface area contributed by atoms with Gasteiger partial charge in [-0.3, -0.25) is 0 Å². The van der Waals surface area contributed by atoms with E-state index in [0.29, 0.717) is 0 Å². The minimum atomic E-state index is 0.229. The van der Waals surface area contributed by atoms with Gasteiger partial charge in [0.1, 0.15) is 0 Å². The summed E-state index contributed by atoms with van der Waals surface area (Å²) in [5, 5.41) is 12.4. The van der Waals surface area contributed by atoms with Gasteiger partial charge in [0.2, 0.25) is 0 Å². The molecule has 2 heteroatoms. The maximum atomic E-state index is 8.87. The van der Waals surface area contributed by atoms with Gasteiger partial charge in [-0.05, 0) is 48.8 Å². The van der Waals surface area contributed by atoms with Gasteiger partial charge in [0.15, 0.2) is 0 Å². The summed E-state index contributed by atoms with van der Waals surface area (Å²) in [5.74, 6) is 1.74. The van der Waals surface area contributed by atoms with Crippen molar-refractivity contribution in [1.29, 1.82) is 0 Å². The van der Waals surface area contributed by atoms with E-state index in [4.69, 9.17) is 5.11 Å². The van der Waals surface area contributed by atoms with Crippen LogP contribution >= 0.6 is 0 Å². The maximum absolute atomic E-state index is 8.87. The van der Waals surface area contributed by atoms with Crippen molar-refractivity contribution in [3.63, 3.8) is 0 Å². The van der Waals surface area contributed by atoms with Crippen molar-refractivity contribution in [1.82, 2.24) is 0 Å². The zero-order chi connectivity index (χ0) is 12.8. The van der Waals surface area contributed by atoms with Gasteiger partial charge in [0.05, 0.1) is 0 Å². The smallest absolute Gasteiger partial charge is 0.0471 e. The second kappa shape index (κ2) is 6.79. The lowest BCUT2D eigenvalue weighted by atomic mass is 9.82. The van der Waals surface area contributed by atoms with E-state index in [0.717, 1.165) is 24.8 Å². The van der Waals surface area contributed by atoms with E-state index in [1.165, 1.54) is 36.9 Å². The highest BCUT2D eigenvalue weighted by Crippen LogP contribution is 2.28. The molecule has 0 aliphatic heterocycles. The third-order valence-corrected chi connectivity index (χ3v) is 3.99. The lowest BCUT2D eigenvalue weighted by Gasteiger charge is -2.27. The maximum Gasteiger partial charge on any atom is 0.0471 e. The van der Waals surface area contributed by atoms with Gasteiger partial charge in [0.25, 0.3) is 0 Å². The van der Waals surface area contributed by atoms with Gasteiger partial charge < -0.3 is 10.4 Å². The Morgan fingerprint density at radius 1 is 1.22 bits per heavy atom. The first-order chi connectivity index (χ1) is 8.78. The minimum absolute atomic E-state index is 0.229. The van der Waals surface area contributed by atoms with Crippen molar-refractivity contribution in [2.75, 3.05) is 18.5 Å². The lowest BCUT2D eigenvalue weighted by molar-refractivity contribution is 0.293.